The minimum Gasteiger partial charge on any atom is -0.335 e. The maximum Gasteiger partial charge on any atom is 0.317 e. The van der Waals surface area contributed by atoms with Crippen LogP contribution in [0.1, 0.15) is 52.4 Å². The van der Waals surface area contributed by atoms with Crippen LogP contribution in [0.4, 0.5) is 4.79 Å². The molecule has 1 aliphatic carbocycles. The Morgan fingerprint density at radius 1 is 1.17 bits per heavy atom. The van der Waals surface area contributed by atoms with Gasteiger partial charge in [-0.1, -0.05) is 19.8 Å². The van der Waals surface area contributed by atoms with Crippen LogP contribution in [0.5, 0.6) is 0 Å². The second kappa shape index (κ2) is 9.42. The van der Waals surface area contributed by atoms with Gasteiger partial charge in [0.1, 0.15) is 6.29 Å². The monoisotopic (exact) mass is 326 g/mol. The molecule has 7 heteroatoms. The van der Waals surface area contributed by atoms with E-state index in [1.54, 1.807) is 0 Å². The van der Waals surface area contributed by atoms with Gasteiger partial charge >= 0.3 is 6.03 Å². The molecule has 2 amide bonds. The second-order valence-electron chi connectivity index (χ2n) is 7.14. The predicted molar refractivity (Wildman–Crippen MR) is 92.7 cm³/mol. The fourth-order valence-electron chi connectivity index (χ4n) is 3.55. The van der Waals surface area contributed by atoms with Gasteiger partial charge in [0, 0.05) is 12.1 Å². The fraction of sp³-hybridized carbons (Fsp3) is 0.938. The fourth-order valence-corrected chi connectivity index (χ4v) is 3.55. The Hall–Kier alpha value is -0.890. The van der Waals surface area contributed by atoms with Crippen molar-refractivity contribution >= 4 is 6.03 Å². The van der Waals surface area contributed by atoms with Crippen LogP contribution < -0.4 is 32.3 Å². The maximum atomic E-state index is 12.2. The Labute approximate surface area is 139 Å². The molecule has 23 heavy (non-hydrogen) atoms. The van der Waals surface area contributed by atoms with Crippen LogP contribution in [0.3, 0.4) is 0 Å². The number of hydrogen-bond donors (Lipinski definition) is 6. The predicted octanol–water partition coefficient (Wildman–Crippen LogP) is 0.384. The number of hydrogen-bond acceptors (Lipinski definition) is 5. The van der Waals surface area contributed by atoms with Crippen molar-refractivity contribution < 1.29 is 4.79 Å². The lowest BCUT2D eigenvalue weighted by molar-refractivity contribution is 0.183. The summed E-state index contributed by atoms with van der Waals surface area (Å²) in [6.45, 7) is 5.97. The molecular weight excluding hydrogens is 292 g/mol. The van der Waals surface area contributed by atoms with Gasteiger partial charge in [0.15, 0.2) is 0 Å². The van der Waals surface area contributed by atoms with E-state index >= 15 is 0 Å². The summed E-state index contributed by atoms with van der Waals surface area (Å²) >= 11 is 0. The third-order valence-corrected chi connectivity index (χ3v) is 4.73. The van der Waals surface area contributed by atoms with E-state index in [4.69, 9.17) is 5.73 Å². The largest absolute Gasteiger partial charge is 0.335 e. The molecule has 7 N–H and O–H groups in total. The van der Waals surface area contributed by atoms with Crippen LogP contribution >= 0.6 is 0 Å². The number of amides is 2. The maximum absolute atomic E-state index is 12.2. The first-order valence-corrected chi connectivity index (χ1v) is 9.09. The summed E-state index contributed by atoms with van der Waals surface area (Å²) in [5.74, 6) is 0.705. The van der Waals surface area contributed by atoms with Crippen molar-refractivity contribution in [1.29, 1.82) is 0 Å². The molecule has 0 aromatic carbocycles. The normalized spacial score (nSPS) is 34.8. The van der Waals surface area contributed by atoms with Crippen molar-refractivity contribution in [2.45, 2.75) is 76.9 Å². The van der Waals surface area contributed by atoms with E-state index < -0.39 is 0 Å². The molecule has 1 saturated heterocycles. The van der Waals surface area contributed by atoms with E-state index in [1.807, 2.05) is 0 Å². The average Bonchev–Trinajstić information content (AvgIpc) is 2.46. The first kappa shape index (κ1) is 18.4. The zero-order chi connectivity index (χ0) is 16.7. The highest BCUT2D eigenvalue weighted by molar-refractivity contribution is 5.74. The van der Waals surface area contributed by atoms with E-state index in [-0.39, 0.29) is 18.5 Å². The number of urea groups is 1. The Morgan fingerprint density at radius 3 is 2.74 bits per heavy atom. The van der Waals surface area contributed by atoms with Gasteiger partial charge in [-0.15, -0.1) is 0 Å². The highest BCUT2D eigenvalue weighted by Crippen LogP contribution is 2.23. The SMILES string of the molecule is CC1CCCC(NC(=O)NC2NC(C)CC(NCCCN)N2)C1. The smallest absolute Gasteiger partial charge is 0.317 e. The Kier molecular flexibility index (Phi) is 7.55. The van der Waals surface area contributed by atoms with Crippen LogP contribution in [0, 0.1) is 5.92 Å². The van der Waals surface area contributed by atoms with Crippen molar-refractivity contribution in [2.75, 3.05) is 13.1 Å². The van der Waals surface area contributed by atoms with E-state index in [0.29, 0.717) is 24.5 Å². The molecule has 5 atom stereocenters. The summed E-state index contributed by atoms with van der Waals surface area (Å²) in [5.41, 5.74) is 5.53. The van der Waals surface area contributed by atoms with E-state index in [2.05, 4.69) is 40.4 Å². The Morgan fingerprint density at radius 2 is 2.00 bits per heavy atom. The molecular formula is C16H34N6O. The molecule has 7 nitrogen and oxygen atoms in total. The molecule has 0 aromatic rings. The first-order valence-electron chi connectivity index (χ1n) is 9.09. The molecule has 2 rings (SSSR count). The van der Waals surface area contributed by atoms with Crippen molar-refractivity contribution in [2.24, 2.45) is 11.7 Å². The third kappa shape index (κ3) is 6.63. The van der Waals surface area contributed by atoms with Gasteiger partial charge in [0.25, 0.3) is 0 Å². The standard InChI is InChI=1S/C16H34N6O/c1-11-5-3-6-13(9-11)20-16(23)22-15-19-12(2)10-14(21-15)18-8-4-7-17/h11-15,18-19,21H,3-10,17H2,1-2H3,(H2,20,22,23). The molecule has 0 aromatic heterocycles. The van der Waals surface area contributed by atoms with Gasteiger partial charge < -0.3 is 21.7 Å². The van der Waals surface area contributed by atoms with Gasteiger partial charge in [0.05, 0.1) is 6.17 Å². The molecule has 2 fully saturated rings. The molecule has 1 saturated carbocycles. The third-order valence-electron chi connectivity index (χ3n) is 4.73. The van der Waals surface area contributed by atoms with E-state index in [1.165, 1.54) is 12.8 Å². The van der Waals surface area contributed by atoms with Gasteiger partial charge in [-0.3, -0.25) is 10.6 Å². The summed E-state index contributed by atoms with van der Waals surface area (Å²) in [6, 6.07) is 0.550. The number of carbonyl (C=O) groups excluding carboxylic acids is 1. The zero-order valence-corrected chi connectivity index (χ0v) is 14.5. The highest BCUT2D eigenvalue weighted by Gasteiger charge is 2.26. The zero-order valence-electron chi connectivity index (χ0n) is 14.5. The van der Waals surface area contributed by atoms with Crippen molar-refractivity contribution in [3.8, 4) is 0 Å². The quantitative estimate of drug-likeness (QED) is 0.396. The lowest BCUT2D eigenvalue weighted by atomic mass is 9.87. The minimum absolute atomic E-state index is 0.0936. The molecule has 5 unspecified atom stereocenters. The molecule has 0 bridgehead atoms. The molecule has 1 heterocycles. The molecule has 134 valence electrons. The topological polar surface area (TPSA) is 103 Å². The Balaban J connectivity index is 1.73. The van der Waals surface area contributed by atoms with Crippen molar-refractivity contribution in [1.82, 2.24) is 26.6 Å². The van der Waals surface area contributed by atoms with Crippen LogP contribution in [0.2, 0.25) is 0 Å². The van der Waals surface area contributed by atoms with Gasteiger partial charge in [-0.05, 0) is 51.6 Å². The summed E-state index contributed by atoms with van der Waals surface area (Å²) in [4.78, 5) is 12.2. The van der Waals surface area contributed by atoms with Gasteiger partial charge in [-0.2, -0.15) is 0 Å². The van der Waals surface area contributed by atoms with Crippen LogP contribution in [-0.2, 0) is 0 Å². The van der Waals surface area contributed by atoms with Crippen molar-refractivity contribution in [3.63, 3.8) is 0 Å². The molecule has 2 aliphatic rings. The van der Waals surface area contributed by atoms with E-state index in [0.717, 1.165) is 32.2 Å². The first-order chi connectivity index (χ1) is 11.1. The summed E-state index contributed by atoms with van der Waals surface area (Å²) in [6.07, 6.45) is 6.56. The minimum atomic E-state index is -0.213. The van der Waals surface area contributed by atoms with Crippen LogP contribution in [0.25, 0.3) is 0 Å². The number of rotatable bonds is 6. The number of nitrogens with two attached hydrogens (primary N) is 1. The summed E-state index contributed by atoms with van der Waals surface area (Å²) in [7, 11) is 0. The Bertz CT molecular complexity index is 366. The van der Waals surface area contributed by atoms with Crippen LogP contribution in [-0.4, -0.2) is 43.7 Å². The van der Waals surface area contributed by atoms with Gasteiger partial charge in [-0.25, -0.2) is 4.79 Å². The summed E-state index contributed by atoms with van der Waals surface area (Å²) in [5, 5.41) is 16.3. The van der Waals surface area contributed by atoms with Crippen LogP contribution in [0.15, 0.2) is 0 Å². The number of carbonyl (C=O) groups is 1. The van der Waals surface area contributed by atoms with Gasteiger partial charge in [0.2, 0.25) is 0 Å². The molecule has 1 aliphatic heterocycles. The lowest BCUT2D eigenvalue weighted by Crippen LogP contribution is -2.68. The second-order valence-corrected chi connectivity index (χ2v) is 7.14. The highest BCUT2D eigenvalue weighted by atomic mass is 16.2. The number of nitrogens with one attached hydrogen (secondary N) is 5. The van der Waals surface area contributed by atoms with E-state index in [9.17, 15) is 4.79 Å². The molecule has 0 spiro atoms. The molecule has 0 radical (unpaired) electrons. The van der Waals surface area contributed by atoms with Crippen molar-refractivity contribution in [3.05, 3.63) is 0 Å². The lowest BCUT2D eigenvalue weighted by Gasteiger charge is -2.37. The summed E-state index contributed by atoms with van der Waals surface area (Å²) < 4.78 is 0. The average molecular weight is 326 g/mol.